The number of rotatable bonds is 4. The zero-order valence-corrected chi connectivity index (χ0v) is 17.6. The lowest BCUT2D eigenvalue weighted by atomic mass is 9.95. The predicted octanol–water partition coefficient (Wildman–Crippen LogP) is 1.96. The van der Waals surface area contributed by atoms with Gasteiger partial charge in [-0.05, 0) is 42.3 Å². The summed E-state index contributed by atoms with van der Waals surface area (Å²) in [5.74, 6) is 0.683. The Balaban J connectivity index is 1.74. The zero-order valence-electron chi connectivity index (χ0n) is 17.6. The standard InChI is InChI=1S/C23H22N4O5/c1-31-12-7-8-15-14(11-12)13-9-10-24-20(19(13)25-15)18-21(28)26-23(30)27(22(18)29)16-5-3-4-6-17(16)32-2/h3-8,11,20,24-25,29H,9-10H2,1-2H3,(H,26,28,30)/t20-/m0/s1. The van der Waals surface area contributed by atoms with Crippen LogP contribution in [0.15, 0.2) is 52.1 Å². The van der Waals surface area contributed by atoms with Crippen LogP contribution in [0.2, 0.25) is 0 Å². The van der Waals surface area contributed by atoms with Gasteiger partial charge in [0.1, 0.15) is 17.1 Å². The zero-order chi connectivity index (χ0) is 22.4. The number of hydrogen-bond acceptors (Lipinski definition) is 6. The maximum atomic E-state index is 12.9. The van der Waals surface area contributed by atoms with E-state index in [4.69, 9.17) is 9.47 Å². The van der Waals surface area contributed by atoms with E-state index in [1.54, 1.807) is 31.4 Å². The Morgan fingerprint density at radius 2 is 1.88 bits per heavy atom. The van der Waals surface area contributed by atoms with E-state index < -0.39 is 23.2 Å². The summed E-state index contributed by atoms with van der Waals surface area (Å²) in [7, 11) is 3.09. The highest BCUT2D eigenvalue weighted by molar-refractivity contribution is 5.86. The molecule has 32 heavy (non-hydrogen) atoms. The normalized spacial score (nSPS) is 15.5. The highest BCUT2D eigenvalue weighted by atomic mass is 16.5. The number of benzene rings is 2. The molecule has 3 heterocycles. The van der Waals surface area contributed by atoms with Gasteiger partial charge < -0.3 is 24.9 Å². The Labute approximate surface area is 182 Å². The molecule has 9 nitrogen and oxygen atoms in total. The molecule has 0 bridgehead atoms. The van der Waals surface area contributed by atoms with Crippen LogP contribution in [-0.4, -0.2) is 40.4 Å². The topological polar surface area (TPSA) is 121 Å². The van der Waals surface area contributed by atoms with Crippen LogP contribution in [0, 0.1) is 0 Å². The van der Waals surface area contributed by atoms with Crippen molar-refractivity contribution in [3.8, 4) is 23.1 Å². The number of fused-ring (bicyclic) bond motifs is 3. The van der Waals surface area contributed by atoms with Crippen molar-refractivity contribution >= 4 is 10.9 Å². The minimum atomic E-state index is -0.752. The van der Waals surface area contributed by atoms with Crippen molar-refractivity contribution in [2.24, 2.45) is 0 Å². The van der Waals surface area contributed by atoms with Gasteiger partial charge in [0, 0.05) is 23.1 Å². The number of H-pyrrole nitrogens is 2. The predicted molar refractivity (Wildman–Crippen MR) is 119 cm³/mol. The first kappa shape index (κ1) is 20.0. The molecule has 0 amide bonds. The number of methoxy groups -OCH3 is 2. The highest BCUT2D eigenvalue weighted by Gasteiger charge is 2.31. The van der Waals surface area contributed by atoms with Gasteiger partial charge in [-0.3, -0.25) is 9.78 Å². The molecule has 0 aliphatic carbocycles. The van der Waals surface area contributed by atoms with Gasteiger partial charge in [-0.25, -0.2) is 9.36 Å². The summed E-state index contributed by atoms with van der Waals surface area (Å²) < 4.78 is 11.8. The van der Waals surface area contributed by atoms with E-state index in [9.17, 15) is 14.7 Å². The summed E-state index contributed by atoms with van der Waals surface area (Å²) in [6, 6.07) is 11.9. The number of aromatic amines is 2. The molecular formula is C23H22N4O5. The number of nitrogens with zero attached hydrogens (tertiary/aromatic N) is 1. The van der Waals surface area contributed by atoms with Crippen LogP contribution in [0.25, 0.3) is 16.6 Å². The van der Waals surface area contributed by atoms with Crippen molar-refractivity contribution in [3.63, 3.8) is 0 Å². The summed E-state index contributed by atoms with van der Waals surface area (Å²) in [6.45, 7) is 0.592. The molecule has 1 aliphatic heterocycles. The van der Waals surface area contributed by atoms with Gasteiger partial charge in [-0.2, -0.15) is 0 Å². The molecule has 0 unspecified atom stereocenters. The van der Waals surface area contributed by atoms with E-state index in [1.807, 2.05) is 18.2 Å². The van der Waals surface area contributed by atoms with Crippen molar-refractivity contribution in [3.05, 3.63) is 80.1 Å². The van der Waals surface area contributed by atoms with E-state index in [1.165, 1.54) is 7.11 Å². The van der Waals surface area contributed by atoms with Gasteiger partial charge in [0.2, 0.25) is 5.88 Å². The van der Waals surface area contributed by atoms with E-state index in [-0.39, 0.29) is 5.56 Å². The highest BCUT2D eigenvalue weighted by Crippen LogP contribution is 2.37. The minimum absolute atomic E-state index is 0.0509. The van der Waals surface area contributed by atoms with Gasteiger partial charge in [0.15, 0.2) is 0 Å². The van der Waals surface area contributed by atoms with Gasteiger partial charge in [-0.1, -0.05) is 12.1 Å². The van der Waals surface area contributed by atoms with Crippen LogP contribution >= 0.6 is 0 Å². The lowest BCUT2D eigenvalue weighted by Gasteiger charge is -2.25. The summed E-state index contributed by atoms with van der Waals surface area (Å²) in [5.41, 5.74) is 1.68. The Hall–Kier alpha value is -3.98. The SMILES string of the molecule is COc1ccc2[nH]c3c(c2c1)CCN[C@H]3c1c(O)n(-c2ccccc2OC)c(=O)[nH]c1=O. The van der Waals surface area contributed by atoms with Crippen LogP contribution in [0.1, 0.15) is 22.9 Å². The fourth-order valence-electron chi connectivity index (χ4n) is 4.42. The van der Waals surface area contributed by atoms with Crippen molar-refractivity contribution in [2.75, 3.05) is 20.8 Å². The molecular weight excluding hydrogens is 412 g/mol. The molecule has 1 atom stereocenters. The average Bonchev–Trinajstić information content (AvgIpc) is 3.17. The van der Waals surface area contributed by atoms with E-state index in [2.05, 4.69) is 15.3 Å². The van der Waals surface area contributed by atoms with Crippen LogP contribution < -0.4 is 26.0 Å². The van der Waals surface area contributed by atoms with E-state index in [0.29, 0.717) is 18.0 Å². The number of aromatic hydroxyl groups is 1. The van der Waals surface area contributed by atoms with Crippen LogP contribution in [0.4, 0.5) is 0 Å². The fraction of sp³-hybridized carbons (Fsp3) is 0.217. The lowest BCUT2D eigenvalue weighted by molar-refractivity contribution is 0.393. The molecule has 2 aromatic carbocycles. The summed E-state index contributed by atoms with van der Waals surface area (Å²) >= 11 is 0. The summed E-state index contributed by atoms with van der Waals surface area (Å²) in [4.78, 5) is 31.3. The molecule has 164 valence electrons. The molecule has 0 radical (unpaired) electrons. The van der Waals surface area contributed by atoms with E-state index >= 15 is 0 Å². The third-order valence-corrected chi connectivity index (χ3v) is 5.89. The third kappa shape index (κ3) is 2.97. The Bertz CT molecular complexity index is 1450. The smallest absolute Gasteiger partial charge is 0.335 e. The summed E-state index contributed by atoms with van der Waals surface area (Å²) in [6.07, 6.45) is 0.740. The van der Waals surface area contributed by atoms with Crippen LogP contribution in [-0.2, 0) is 6.42 Å². The minimum Gasteiger partial charge on any atom is -0.497 e. The maximum Gasteiger partial charge on any atom is 0.335 e. The van der Waals surface area contributed by atoms with E-state index in [0.717, 1.165) is 38.9 Å². The summed E-state index contributed by atoms with van der Waals surface area (Å²) in [5, 5.41) is 15.5. The molecule has 1 aliphatic rings. The Morgan fingerprint density at radius 3 is 2.66 bits per heavy atom. The van der Waals surface area contributed by atoms with Crippen LogP contribution in [0.5, 0.6) is 17.4 Å². The second-order valence-corrected chi connectivity index (χ2v) is 7.57. The van der Waals surface area contributed by atoms with Gasteiger partial charge >= 0.3 is 5.69 Å². The molecule has 0 fully saturated rings. The Morgan fingerprint density at radius 1 is 1.06 bits per heavy atom. The van der Waals surface area contributed by atoms with Crippen LogP contribution in [0.3, 0.4) is 0 Å². The second-order valence-electron chi connectivity index (χ2n) is 7.57. The number of para-hydroxylation sites is 2. The van der Waals surface area contributed by atoms with Crippen molar-refractivity contribution in [2.45, 2.75) is 12.5 Å². The molecule has 0 spiro atoms. The largest absolute Gasteiger partial charge is 0.497 e. The molecule has 0 saturated heterocycles. The van der Waals surface area contributed by atoms with Gasteiger partial charge in [0.05, 0.1) is 25.9 Å². The number of hydrogen-bond donors (Lipinski definition) is 4. The Kier molecular flexibility index (Phi) is 4.75. The average molecular weight is 434 g/mol. The van der Waals surface area contributed by atoms with Crippen molar-refractivity contribution < 1.29 is 14.6 Å². The fourth-order valence-corrected chi connectivity index (χ4v) is 4.42. The van der Waals surface area contributed by atoms with Gasteiger partial charge in [0.25, 0.3) is 5.56 Å². The van der Waals surface area contributed by atoms with Gasteiger partial charge in [-0.15, -0.1) is 0 Å². The quantitative estimate of drug-likeness (QED) is 0.390. The molecule has 2 aromatic heterocycles. The maximum absolute atomic E-state index is 12.9. The first-order valence-electron chi connectivity index (χ1n) is 10.2. The molecule has 9 heteroatoms. The molecule has 4 N–H and O–H groups in total. The number of aromatic nitrogens is 3. The third-order valence-electron chi connectivity index (χ3n) is 5.89. The lowest BCUT2D eigenvalue weighted by Crippen LogP contribution is -2.38. The van der Waals surface area contributed by atoms with Crippen molar-refractivity contribution in [1.29, 1.82) is 0 Å². The second kappa shape index (κ2) is 7.61. The first-order chi connectivity index (χ1) is 15.5. The van der Waals surface area contributed by atoms with Crippen molar-refractivity contribution in [1.82, 2.24) is 19.9 Å². The molecule has 4 aromatic rings. The molecule has 5 rings (SSSR count). The number of nitrogens with one attached hydrogen (secondary N) is 3. The monoisotopic (exact) mass is 434 g/mol. The molecule has 0 saturated carbocycles. The first-order valence-corrected chi connectivity index (χ1v) is 10.2. The number of ether oxygens (including phenoxy) is 2.